The molecule has 1 saturated carbocycles. The lowest BCUT2D eigenvalue weighted by Crippen LogP contribution is -2.64. The van der Waals surface area contributed by atoms with E-state index in [1.54, 1.807) is 23.1 Å². The second-order valence-electron chi connectivity index (χ2n) is 11.4. The van der Waals surface area contributed by atoms with Gasteiger partial charge < -0.3 is 14.4 Å². The number of hydrogen-bond acceptors (Lipinski definition) is 7. The summed E-state index contributed by atoms with van der Waals surface area (Å²) in [5.74, 6) is -1.10. The highest BCUT2D eigenvalue weighted by Gasteiger charge is 2.54. The number of rotatable bonds is 5. The van der Waals surface area contributed by atoms with E-state index in [0.717, 1.165) is 37.3 Å². The van der Waals surface area contributed by atoms with E-state index in [1.165, 1.54) is 0 Å². The van der Waals surface area contributed by atoms with E-state index in [1.807, 2.05) is 20.8 Å². The van der Waals surface area contributed by atoms with Crippen LogP contribution in [-0.2, 0) is 14.3 Å². The van der Waals surface area contributed by atoms with Crippen LogP contribution in [0, 0.1) is 11.3 Å². The molecule has 0 radical (unpaired) electrons. The summed E-state index contributed by atoms with van der Waals surface area (Å²) in [7, 11) is 0. The Morgan fingerprint density at radius 1 is 1.08 bits per heavy atom. The van der Waals surface area contributed by atoms with Crippen molar-refractivity contribution in [2.45, 2.75) is 64.5 Å². The van der Waals surface area contributed by atoms with Crippen LogP contribution in [0.4, 0.5) is 4.79 Å². The molecule has 1 unspecified atom stereocenters. The van der Waals surface area contributed by atoms with E-state index < -0.39 is 35.3 Å². The van der Waals surface area contributed by atoms with Gasteiger partial charge in [-0.1, -0.05) is 0 Å². The molecule has 1 N–H and O–H groups in total. The third kappa shape index (κ3) is 4.44. The molecule has 0 bridgehead atoms. The summed E-state index contributed by atoms with van der Waals surface area (Å²) < 4.78 is 11.3. The first kappa shape index (κ1) is 24.3. The molecule has 192 valence electrons. The average molecular weight is 498 g/mol. The van der Waals surface area contributed by atoms with Crippen LogP contribution in [0.5, 0.6) is 5.75 Å². The minimum absolute atomic E-state index is 0.0830. The predicted octanol–water partition coefficient (Wildman–Crippen LogP) is 2.50. The Balaban J connectivity index is 1.09. The lowest BCUT2D eigenvalue weighted by Gasteiger charge is -2.58. The summed E-state index contributed by atoms with van der Waals surface area (Å²) in [5, 5.41) is 2.19. The van der Waals surface area contributed by atoms with Gasteiger partial charge in [-0.05, 0) is 70.6 Å². The Morgan fingerprint density at radius 3 is 2.44 bits per heavy atom. The summed E-state index contributed by atoms with van der Waals surface area (Å²) in [5.41, 5.74) is 0.165. The van der Waals surface area contributed by atoms with Crippen LogP contribution in [0.15, 0.2) is 18.2 Å². The van der Waals surface area contributed by atoms with Crippen molar-refractivity contribution in [3.05, 3.63) is 29.3 Å². The van der Waals surface area contributed by atoms with Crippen LogP contribution >= 0.6 is 0 Å². The topological polar surface area (TPSA) is 122 Å². The molecule has 1 aliphatic carbocycles. The van der Waals surface area contributed by atoms with Crippen LogP contribution in [0.2, 0.25) is 0 Å². The maximum absolute atomic E-state index is 12.9. The van der Waals surface area contributed by atoms with Crippen molar-refractivity contribution in [2.24, 2.45) is 11.3 Å². The Labute approximate surface area is 209 Å². The Morgan fingerprint density at radius 2 is 1.78 bits per heavy atom. The molecular formula is C26H31N3O7. The van der Waals surface area contributed by atoms with Crippen molar-refractivity contribution < 1.29 is 33.4 Å². The lowest BCUT2D eigenvalue weighted by molar-refractivity contribution is -0.136. The third-order valence-corrected chi connectivity index (χ3v) is 7.35. The number of ether oxygens (including phenoxy) is 2. The molecule has 10 nitrogen and oxygen atoms in total. The standard InChI is InChI=1S/C26H31N3O7/c1-25(2,3)36-24(34)28-13-26(14-28)11-15(12-26)8-9-35-16-4-5-17-18(10-16)23(33)29(22(17)32)19-6-7-20(30)27-21(19)31/h4-5,10,15,19H,6-9,11-14H2,1-3H3,(H,27,30,31). The highest BCUT2D eigenvalue weighted by molar-refractivity contribution is 6.23. The monoisotopic (exact) mass is 497 g/mol. The Bertz CT molecular complexity index is 1140. The summed E-state index contributed by atoms with van der Waals surface area (Å²) in [6, 6.07) is 3.77. The van der Waals surface area contributed by atoms with Crippen molar-refractivity contribution in [1.82, 2.24) is 15.1 Å². The molecule has 2 saturated heterocycles. The van der Waals surface area contributed by atoms with Gasteiger partial charge in [-0.25, -0.2) is 4.79 Å². The minimum atomic E-state index is -0.983. The number of carbonyl (C=O) groups excluding carboxylic acids is 5. The van der Waals surface area contributed by atoms with E-state index in [9.17, 15) is 24.0 Å². The van der Waals surface area contributed by atoms with Crippen molar-refractivity contribution in [3.8, 4) is 5.75 Å². The minimum Gasteiger partial charge on any atom is -0.494 e. The number of carbonyl (C=O) groups is 5. The largest absolute Gasteiger partial charge is 0.494 e. The van der Waals surface area contributed by atoms with E-state index >= 15 is 0 Å². The third-order valence-electron chi connectivity index (χ3n) is 7.35. The quantitative estimate of drug-likeness (QED) is 0.620. The maximum atomic E-state index is 12.9. The van der Waals surface area contributed by atoms with Crippen molar-refractivity contribution >= 4 is 29.7 Å². The summed E-state index contributed by atoms with van der Waals surface area (Å²) >= 11 is 0. The van der Waals surface area contributed by atoms with E-state index in [2.05, 4.69) is 5.32 Å². The van der Waals surface area contributed by atoms with Crippen LogP contribution in [0.1, 0.15) is 73.6 Å². The first-order valence-corrected chi connectivity index (χ1v) is 12.4. The number of benzene rings is 1. The Hall–Kier alpha value is -3.43. The normalized spacial score (nSPS) is 23.2. The molecule has 1 atom stereocenters. The average Bonchev–Trinajstić information content (AvgIpc) is 2.97. The van der Waals surface area contributed by atoms with Crippen LogP contribution in [0.25, 0.3) is 0 Å². The highest BCUT2D eigenvalue weighted by Crippen LogP contribution is 2.53. The molecule has 0 aromatic heterocycles. The Kier molecular flexibility index (Phi) is 5.80. The van der Waals surface area contributed by atoms with Gasteiger partial charge in [-0.2, -0.15) is 0 Å². The molecule has 4 aliphatic rings. The molecule has 1 aromatic rings. The fourth-order valence-corrected chi connectivity index (χ4v) is 5.73. The molecule has 10 heteroatoms. The molecule has 3 aliphatic heterocycles. The summed E-state index contributed by atoms with van der Waals surface area (Å²) in [4.78, 5) is 64.2. The number of hydrogen-bond donors (Lipinski definition) is 1. The van der Waals surface area contributed by atoms with Crippen molar-refractivity contribution in [1.29, 1.82) is 0 Å². The SMILES string of the molecule is CC(C)(C)OC(=O)N1CC2(CC(CCOc3ccc4c(c3)C(=O)N(C3CCC(=O)NC3=O)C4=O)C2)C1. The molecule has 5 rings (SSSR count). The van der Waals surface area contributed by atoms with Gasteiger partial charge in [0.15, 0.2) is 0 Å². The first-order chi connectivity index (χ1) is 16.9. The number of piperidine rings is 1. The lowest BCUT2D eigenvalue weighted by atomic mass is 9.57. The van der Waals surface area contributed by atoms with Gasteiger partial charge >= 0.3 is 6.09 Å². The van der Waals surface area contributed by atoms with Crippen molar-refractivity contribution in [3.63, 3.8) is 0 Å². The number of nitrogens with one attached hydrogen (secondary N) is 1. The fourth-order valence-electron chi connectivity index (χ4n) is 5.73. The fraction of sp³-hybridized carbons (Fsp3) is 0.577. The zero-order valence-electron chi connectivity index (χ0n) is 20.8. The zero-order valence-corrected chi connectivity index (χ0v) is 20.8. The second kappa shape index (κ2) is 8.60. The number of amides is 5. The van der Waals surface area contributed by atoms with Gasteiger partial charge in [-0.3, -0.25) is 29.4 Å². The smallest absolute Gasteiger partial charge is 0.410 e. The van der Waals surface area contributed by atoms with Gasteiger partial charge in [0.2, 0.25) is 11.8 Å². The highest BCUT2D eigenvalue weighted by atomic mass is 16.6. The second-order valence-corrected chi connectivity index (χ2v) is 11.4. The van der Waals surface area contributed by atoms with Crippen LogP contribution in [-0.4, -0.2) is 70.9 Å². The van der Waals surface area contributed by atoms with Gasteiger partial charge in [-0.15, -0.1) is 0 Å². The molecular weight excluding hydrogens is 466 g/mol. The van der Waals surface area contributed by atoms with Crippen LogP contribution < -0.4 is 10.1 Å². The zero-order chi connectivity index (χ0) is 25.8. The molecule has 36 heavy (non-hydrogen) atoms. The van der Waals surface area contributed by atoms with E-state index in [-0.39, 0.29) is 35.5 Å². The molecule has 1 spiro atoms. The van der Waals surface area contributed by atoms with Crippen molar-refractivity contribution in [2.75, 3.05) is 19.7 Å². The number of nitrogens with zero attached hydrogens (tertiary/aromatic N) is 2. The molecule has 3 fully saturated rings. The maximum Gasteiger partial charge on any atom is 0.410 e. The molecule has 5 amide bonds. The molecule has 3 heterocycles. The van der Waals surface area contributed by atoms with Crippen LogP contribution in [0.3, 0.4) is 0 Å². The number of likely N-dealkylation sites (tertiary alicyclic amines) is 1. The van der Waals surface area contributed by atoms with E-state index in [0.29, 0.717) is 18.3 Å². The summed E-state index contributed by atoms with van der Waals surface area (Å²) in [6.45, 7) is 7.55. The predicted molar refractivity (Wildman–Crippen MR) is 126 cm³/mol. The van der Waals surface area contributed by atoms with E-state index in [4.69, 9.17) is 9.47 Å². The molecule has 1 aromatic carbocycles. The van der Waals surface area contributed by atoms with Gasteiger partial charge in [0, 0.05) is 24.9 Å². The van der Waals surface area contributed by atoms with Gasteiger partial charge in [0.1, 0.15) is 17.4 Å². The van der Waals surface area contributed by atoms with Gasteiger partial charge in [0.25, 0.3) is 11.8 Å². The van der Waals surface area contributed by atoms with Gasteiger partial charge in [0.05, 0.1) is 17.7 Å². The number of imide groups is 2. The number of fused-ring (bicyclic) bond motifs is 1. The summed E-state index contributed by atoms with van der Waals surface area (Å²) in [6.07, 6.45) is 2.92. The first-order valence-electron chi connectivity index (χ1n) is 12.4.